The summed E-state index contributed by atoms with van der Waals surface area (Å²) in [6, 6.07) is 7.62. The van der Waals surface area contributed by atoms with Crippen LogP contribution in [-0.2, 0) is 22.3 Å². The minimum Gasteiger partial charge on any atom is -0.326 e. The van der Waals surface area contributed by atoms with E-state index < -0.39 is 10.0 Å². The molecule has 2 atom stereocenters. The number of piperidine rings is 1. The third kappa shape index (κ3) is 3.59. The van der Waals surface area contributed by atoms with Gasteiger partial charge in [-0.1, -0.05) is 31.2 Å². The van der Waals surface area contributed by atoms with Crippen molar-refractivity contribution in [3.63, 3.8) is 0 Å². The van der Waals surface area contributed by atoms with Crippen molar-refractivity contribution in [2.75, 3.05) is 6.54 Å². The van der Waals surface area contributed by atoms with E-state index in [1.165, 1.54) is 0 Å². The second-order valence-electron chi connectivity index (χ2n) is 5.88. The van der Waals surface area contributed by atoms with Crippen LogP contribution < -0.4 is 5.73 Å². The first-order valence-electron chi connectivity index (χ1n) is 7.20. The number of benzene rings is 1. The molecule has 1 heterocycles. The van der Waals surface area contributed by atoms with Gasteiger partial charge in [0.1, 0.15) is 0 Å². The summed E-state index contributed by atoms with van der Waals surface area (Å²) in [5, 5.41) is 0. The van der Waals surface area contributed by atoms with Crippen LogP contribution in [0.5, 0.6) is 0 Å². The molecule has 5 heteroatoms. The van der Waals surface area contributed by atoms with Crippen molar-refractivity contribution in [2.24, 2.45) is 11.7 Å². The highest BCUT2D eigenvalue weighted by Crippen LogP contribution is 2.25. The summed E-state index contributed by atoms with van der Waals surface area (Å²) >= 11 is 0. The highest BCUT2D eigenvalue weighted by Gasteiger charge is 2.32. The summed E-state index contributed by atoms with van der Waals surface area (Å²) in [5.41, 5.74) is 7.40. The van der Waals surface area contributed by atoms with Crippen molar-refractivity contribution in [1.82, 2.24) is 4.31 Å². The molecule has 0 aliphatic carbocycles. The smallest absolute Gasteiger partial charge is 0.218 e. The molecule has 1 aliphatic heterocycles. The standard InChI is InChI=1S/C15H24N2O2S/c1-12-3-4-13(2)17(10-12)20(18,19)11-15-7-5-14(9-16)6-8-15/h5-8,12-13H,3-4,9-11,16H2,1-2H3. The monoisotopic (exact) mass is 296 g/mol. The van der Waals surface area contributed by atoms with Gasteiger partial charge in [-0.15, -0.1) is 0 Å². The molecule has 1 saturated heterocycles. The topological polar surface area (TPSA) is 63.4 Å². The Bertz CT molecular complexity index is 539. The van der Waals surface area contributed by atoms with Crippen LogP contribution in [0.3, 0.4) is 0 Å². The Morgan fingerprint density at radius 1 is 1.15 bits per heavy atom. The average molecular weight is 296 g/mol. The van der Waals surface area contributed by atoms with Crippen molar-refractivity contribution >= 4 is 10.0 Å². The SMILES string of the molecule is CC1CCC(C)N(S(=O)(=O)Cc2ccc(CN)cc2)C1. The zero-order valence-corrected chi connectivity index (χ0v) is 13.1. The lowest BCUT2D eigenvalue weighted by atomic mass is 9.97. The highest BCUT2D eigenvalue weighted by atomic mass is 32.2. The van der Waals surface area contributed by atoms with Crippen LogP contribution in [0.25, 0.3) is 0 Å². The predicted octanol–water partition coefficient (Wildman–Crippen LogP) is 2.10. The average Bonchev–Trinajstić information content (AvgIpc) is 2.42. The molecule has 2 unspecified atom stereocenters. The van der Waals surface area contributed by atoms with Crippen molar-refractivity contribution < 1.29 is 8.42 Å². The van der Waals surface area contributed by atoms with Gasteiger partial charge in [0.25, 0.3) is 0 Å². The summed E-state index contributed by atoms with van der Waals surface area (Å²) < 4.78 is 26.8. The van der Waals surface area contributed by atoms with Gasteiger partial charge >= 0.3 is 0 Å². The molecule has 20 heavy (non-hydrogen) atoms. The molecule has 2 N–H and O–H groups in total. The Balaban J connectivity index is 2.13. The van der Waals surface area contributed by atoms with E-state index in [4.69, 9.17) is 5.73 Å². The lowest BCUT2D eigenvalue weighted by molar-refractivity contribution is 0.217. The van der Waals surface area contributed by atoms with Crippen LogP contribution in [-0.4, -0.2) is 25.3 Å². The third-order valence-corrected chi connectivity index (χ3v) is 5.95. The van der Waals surface area contributed by atoms with Crippen molar-refractivity contribution in [1.29, 1.82) is 0 Å². The van der Waals surface area contributed by atoms with Crippen molar-refractivity contribution in [3.8, 4) is 0 Å². The molecule has 1 aromatic rings. The van der Waals surface area contributed by atoms with Gasteiger partial charge in [-0.05, 0) is 36.8 Å². The highest BCUT2D eigenvalue weighted by molar-refractivity contribution is 7.88. The van der Waals surface area contributed by atoms with E-state index in [0.717, 1.165) is 24.0 Å². The molecule has 0 aromatic heterocycles. The summed E-state index contributed by atoms with van der Waals surface area (Å²) in [7, 11) is -3.24. The first-order valence-corrected chi connectivity index (χ1v) is 8.80. The lowest BCUT2D eigenvalue weighted by Crippen LogP contribution is -2.45. The zero-order chi connectivity index (χ0) is 14.8. The maximum absolute atomic E-state index is 12.6. The van der Waals surface area contributed by atoms with Crippen molar-refractivity contribution in [2.45, 2.75) is 45.0 Å². The van der Waals surface area contributed by atoms with Crippen LogP contribution >= 0.6 is 0 Å². The first-order chi connectivity index (χ1) is 9.42. The molecule has 1 aliphatic rings. The first kappa shape index (κ1) is 15.5. The molecule has 4 nitrogen and oxygen atoms in total. The molecule has 0 amide bonds. The van der Waals surface area contributed by atoms with E-state index >= 15 is 0 Å². The Hall–Kier alpha value is -0.910. The number of sulfonamides is 1. The van der Waals surface area contributed by atoms with Crippen LogP contribution in [0.2, 0.25) is 0 Å². The van der Waals surface area contributed by atoms with E-state index in [0.29, 0.717) is 19.0 Å². The fraction of sp³-hybridized carbons (Fsp3) is 0.600. The van der Waals surface area contributed by atoms with Gasteiger partial charge in [0, 0.05) is 19.1 Å². The second-order valence-corrected chi connectivity index (χ2v) is 7.80. The number of hydrogen-bond acceptors (Lipinski definition) is 3. The van der Waals surface area contributed by atoms with Crippen LogP contribution in [0.1, 0.15) is 37.8 Å². The number of hydrogen-bond donors (Lipinski definition) is 1. The molecule has 0 saturated carbocycles. The van der Waals surface area contributed by atoms with Gasteiger partial charge in [-0.3, -0.25) is 0 Å². The normalized spacial score (nSPS) is 24.8. The Labute approximate surface area is 122 Å². The van der Waals surface area contributed by atoms with Gasteiger partial charge in [0.2, 0.25) is 10.0 Å². The molecular formula is C15H24N2O2S. The summed E-state index contributed by atoms with van der Waals surface area (Å²) in [6.07, 6.45) is 2.06. The minimum absolute atomic E-state index is 0.0783. The molecule has 0 spiro atoms. The molecular weight excluding hydrogens is 272 g/mol. The van der Waals surface area contributed by atoms with Gasteiger partial charge in [-0.2, -0.15) is 4.31 Å². The summed E-state index contributed by atoms with van der Waals surface area (Å²) in [4.78, 5) is 0. The van der Waals surface area contributed by atoms with E-state index in [1.54, 1.807) is 4.31 Å². The third-order valence-electron chi connectivity index (χ3n) is 4.03. The van der Waals surface area contributed by atoms with E-state index in [9.17, 15) is 8.42 Å². The molecule has 2 rings (SSSR count). The molecule has 1 fully saturated rings. The summed E-state index contributed by atoms with van der Waals surface area (Å²) in [6.45, 7) is 5.24. The summed E-state index contributed by atoms with van der Waals surface area (Å²) in [5.74, 6) is 0.523. The zero-order valence-electron chi connectivity index (χ0n) is 12.2. The van der Waals surface area contributed by atoms with Gasteiger partial charge in [0.05, 0.1) is 5.75 Å². The Kier molecular flexibility index (Phi) is 4.83. The Morgan fingerprint density at radius 2 is 1.75 bits per heavy atom. The van der Waals surface area contributed by atoms with Gasteiger partial charge in [-0.25, -0.2) is 8.42 Å². The van der Waals surface area contributed by atoms with E-state index in [1.807, 2.05) is 31.2 Å². The van der Waals surface area contributed by atoms with Gasteiger partial charge in [0.15, 0.2) is 0 Å². The fourth-order valence-electron chi connectivity index (χ4n) is 2.70. The van der Waals surface area contributed by atoms with Crippen LogP contribution in [0.15, 0.2) is 24.3 Å². The quantitative estimate of drug-likeness (QED) is 0.925. The van der Waals surface area contributed by atoms with E-state index in [-0.39, 0.29) is 11.8 Å². The predicted molar refractivity (Wildman–Crippen MR) is 81.5 cm³/mol. The lowest BCUT2D eigenvalue weighted by Gasteiger charge is -2.35. The molecule has 112 valence electrons. The van der Waals surface area contributed by atoms with Gasteiger partial charge < -0.3 is 5.73 Å². The second kappa shape index (κ2) is 6.24. The molecule has 0 bridgehead atoms. The molecule has 0 radical (unpaired) electrons. The largest absolute Gasteiger partial charge is 0.326 e. The molecule has 1 aromatic carbocycles. The fourth-order valence-corrected chi connectivity index (χ4v) is 4.62. The maximum Gasteiger partial charge on any atom is 0.218 e. The number of rotatable bonds is 4. The maximum atomic E-state index is 12.6. The minimum atomic E-state index is -3.24. The number of nitrogens with zero attached hydrogens (tertiary/aromatic N) is 1. The van der Waals surface area contributed by atoms with Crippen LogP contribution in [0.4, 0.5) is 0 Å². The number of nitrogens with two attached hydrogens (primary N) is 1. The van der Waals surface area contributed by atoms with Crippen LogP contribution in [0, 0.1) is 5.92 Å². The van der Waals surface area contributed by atoms with E-state index in [2.05, 4.69) is 6.92 Å². The van der Waals surface area contributed by atoms with Crippen molar-refractivity contribution in [3.05, 3.63) is 35.4 Å². The Morgan fingerprint density at radius 3 is 2.35 bits per heavy atom.